The summed E-state index contributed by atoms with van der Waals surface area (Å²) in [4.78, 5) is 17.7. The van der Waals surface area contributed by atoms with E-state index in [1.54, 1.807) is 26.0 Å². The van der Waals surface area contributed by atoms with Gasteiger partial charge in [-0.3, -0.25) is 4.79 Å². The number of benzene rings is 1. The predicted molar refractivity (Wildman–Crippen MR) is 121 cm³/mol. The van der Waals surface area contributed by atoms with Crippen molar-refractivity contribution < 1.29 is 14.3 Å². The van der Waals surface area contributed by atoms with Gasteiger partial charge >= 0.3 is 0 Å². The van der Waals surface area contributed by atoms with E-state index in [9.17, 15) is 4.79 Å². The van der Waals surface area contributed by atoms with Crippen LogP contribution in [-0.4, -0.2) is 40.5 Å². The molecule has 1 unspecified atom stereocenters. The standard InChI is InChI=1S/C21H25BrN4O3S/c1-4-5-9-30-21-24-20-23-14-7-6-8-15(27)17(14)18(26(20)25-21)12-10-13(22)19(29-3)16(11-12)28-2/h10-11,18H,4-9H2,1-3H3,(H,23,24,25). The van der Waals surface area contributed by atoms with E-state index in [1.807, 2.05) is 16.8 Å². The number of ketones is 1. The number of unbranched alkanes of at least 4 members (excludes halogenated alkanes) is 1. The van der Waals surface area contributed by atoms with Gasteiger partial charge in [0.15, 0.2) is 17.3 Å². The van der Waals surface area contributed by atoms with Crippen LogP contribution in [0.3, 0.4) is 0 Å². The maximum Gasteiger partial charge on any atom is 0.227 e. The summed E-state index contributed by atoms with van der Waals surface area (Å²) in [6.45, 7) is 2.17. The lowest BCUT2D eigenvalue weighted by Crippen LogP contribution is -2.31. The molecular formula is C21H25BrN4O3S. The van der Waals surface area contributed by atoms with Crippen molar-refractivity contribution in [2.24, 2.45) is 0 Å². The van der Waals surface area contributed by atoms with E-state index in [0.717, 1.165) is 57.9 Å². The Morgan fingerprint density at radius 2 is 2.13 bits per heavy atom. The molecular weight excluding hydrogens is 468 g/mol. The maximum atomic E-state index is 13.0. The molecule has 1 aromatic heterocycles. The number of nitrogens with zero attached hydrogens (tertiary/aromatic N) is 3. The van der Waals surface area contributed by atoms with E-state index < -0.39 is 0 Å². The quantitative estimate of drug-likeness (QED) is 0.431. The molecule has 1 aliphatic carbocycles. The largest absolute Gasteiger partial charge is 0.493 e. The summed E-state index contributed by atoms with van der Waals surface area (Å²) in [5.41, 5.74) is 2.62. The Kier molecular flexibility index (Phi) is 6.38. The van der Waals surface area contributed by atoms with E-state index in [-0.39, 0.29) is 11.8 Å². The molecule has 7 nitrogen and oxygen atoms in total. The van der Waals surface area contributed by atoms with Crippen molar-refractivity contribution in [2.75, 3.05) is 25.3 Å². The van der Waals surface area contributed by atoms with E-state index >= 15 is 0 Å². The van der Waals surface area contributed by atoms with Crippen molar-refractivity contribution >= 4 is 39.4 Å². The lowest BCUT2D eigenvalue weighted by atomic mass is 9.85. The SMILES string of the molecule is CCCCSc1nc2n(n1)C(c1cc(Br)c(OC)c(OC)c1)C1=C(CCCC1=O)N2. The zero-order chi connectivity index (χ0) is 21.3. The van der Waals surface area contributed by atoms with Crippen molar-refractivity contribution in [3.63, 3.8) is 0 Å². The molecule has 30 heavy (non-hydrogen) atoms. The number of aromatic nitrogens is 3. The number of methoxy groups -OCH3 is 2. The van der Waals surface area contributed by atoms with Gasteiger partial charge in [0, 0.05) is 23.4 Å². The Labute approximate surface area is 188 Å². The summed E-state index contributed by atoms with van der Waals surface area (Å²) in [6, 6.07) is 3.54. The van der Waals surface area contributed by atoms with Crippen LogP contribution in [0.5, 0.6) is 11.5 Å². The van der Waals surface area contributed by atoms with Crippen molar-refractivity contribution in [1.29, 1.82) is 0 Å². The zero-order valence-corrected chi connectivity index (χ0v) is 19.7. The maximum absolute atomic E-state index is 13.0. The topological polar surface area (TPSA) is 78.3 Å². The summed E-state index contributed by atoms with van der Waals surface area (Å²) in [7, 11) is 3.21. The first-order chi connectivity index (χ1) is 14.6. The highest BCUT2D eigenvalue weighted by Crippen LogP contribution is 2.44. The van der Waals surface area contributed by atoms with E-state index in [2.05, 4.69) is 28.2 Å². The van der Waals surface area contributed by atoms with Gasteiger partial charge in [-0.15, -0.1) is 5.10 Å². The second kappa shape index (κ2) is 9.01. The monoisotopic (exact) mass is 492 g/mol. The first-order valence-corrected chi connectivity index (χ1v) is 11.9. The number of nitrogens with one attached hydrogen (secondary N) is 1. The highest BCUT2D eigenvalue weighted by molar-refractivity contribution is 9.10. The molecule has 1 aliphatic heterocycles. The molecule has 2 aromatic rings. The Bertz CT molecular complexity index is 1000. The Balaban J connectivity index is 1.83. The Morgan fingerprint density at radius 1 is 1.30 bits per heavy atom. The van der Waals surface area contributed by atoms with Gasteiger partial charge in [0.25, 0.3) is 0 Å². The lowest BCUT2D eigenvalue weighted by molar-refractivity contribution is -0.116. The Hall–Kier alpha value is -2.00. The van der Waals surface area contributed by atoms with Gasteiger partial charge < -0.3 is 14.8 Å². The number of rotatable bonds is 7. The number of carbonyl (C=O) groups excluding carboxylic acids is 1. The Morgan fingerprint density at radius 3 is 2.87 bits per heavy atom. The molecule has 2 heterocycles. The van der Waals surface area contributed by atoms with Gasteiger partial charge in [-0.05, 0) is 52.9 Å². The average Bonchev–Trinajstić information content (AvgIpc) is 3.14. The molecule has 0 fully saturated rings. The number of fused-ring (bicyclic) bond motifs is 1. The zero-order valence-electron chi connectivity index (χ0n) is 17.3. The molecule has 0 amide bonds. The first kappa shape index (κ1) is 21.2. The number of halogens is 1. The lowest BCUT2D eigenvalue weighted by Gasteiger charge is -2.32. The second-order valence-corrected chi connectivity index (χ2v) is 9.22. The van der Waals surface area contributed by atoms with E-state index in [4.69, 9.17) is 19.6 Å². The third-order valence-corrected chi connectivity index (χ3v) is 6.86. The van der Waals surface area contributed by atoms with Crippen LogP contribution < -0.4 is 14.8 Å². The highest BCUT2D eigenvalue weighted by atomic mass is 79.9. The molecule has 0 saturated heterocycles. The summed E-state index contributed by atoms with van der Waals surface area (Å²) in [5, 5.41) is 8.86. The second-order valence-electron chi connectivity index (χ2n) is 7.30. The fourth-order valence-corrected chi connectivity index (χ4v) is 5.44. The molecule has 0 spiro atoms. The third kappa shape index (κ3) is 3.85. The minimum absolute atomic E-state index is 0.154. The number of hydrogen-bond acceptors (Lipinski definition) is 7. The molecule has 1 aromatic carbocycles. The molecule has 1 N–H and O–H groups in total. The molecule has 4 rings (SSSR count). The van der Waals surface area contributed by atoms with Gasteiger partial charge in [-0.25, -0.2) is 4.68 Å². The minimum Gasteiger partial charge on any atom is -0.493 e. The summed E-state index contributed by atoms with van der Waals surface area (Å²) in [5.74, 6) is 3.02. The van der Waals surface area contributed by atoms with Crippen LogP contribution in [0.4, 0.5) is 5.95 Å². The molecule has 0 saturated carbocycles. The third-order valence-electron chi connectivity index (χ3n) is 5.35. The molecule has 1 atom stereocenters. The van der Waals surface area contributed by atoms with Crippen molar-refractivity contribution in [3.8, 4) is 11.5 Å². The summed E-state index contributed by atoms with van der Waals surface area (Å²) in [6.07, 6.45) is 4.47. The van der Waals surface area contributed by atoms with Crippen molar-refractivity contribution in [3.05, 3.63) is 33.4 Å². The van der Waals surface area contributed by atoms with Gasteiger partial charge in [0.05, 0.1) is 18.7 Å². The van der Waals surface area contributed by atoms with E-state index in [1.165, 1.54) is 0 Å². The summed E-state index contributed by atoms with van der Waals surface area (Å²) < 4.78 is 13.6. The number of allylic oxidation sites excluding steroid dienone is 2. The van der Waals surface area contributed by atoms with Gasteiger partial charge in [0.2, 0.25) is 11.1 Å². The van der Waals surface area contributed by atoms with Crippen LogP contribution in [-0.2, 0) is 4.79 Å². The number of Topliss-reactive ketones (excluding diaryl/α,β-unsaturated/α-hetero) is 1. The number of ether oxygens (including phenoxy) is 2. The molecule has 2 aliphatic rings. The van der Waals surface area contributed by atoms with Crippen molar-refractivity contribution in [2.45, 2.75) is 50.2 Å². The molecule has 9 heteroatoms. The van der Waals surface area contributed by atoms with Gasteiger partial charge in [0.1, 0.15) is 6.04 Å². The summed E-state index contributed by atoms with van der Waals surface area (Å²) >= 11 is 5.23. The van der Waals surface area contributed by atoms with Crippen molar-refractivity contribution in [1.82, 2.24) is 14.8 Å². The normalized spacial score (nSPS) is 18.0. The van der Waals surface area contributed by atoms with Crippen LogP contribution in [0.25, 0.3) is 0 Å². The van der Waals surface area contributed by atoms with Gasteiger partial charge in [-0.2, -0.15) is 4.98 Å². The first-order valence-electron chi connectivity index (χ1n) is 10.1. The number of thioether (sulfide) groups is 1. The molecule has 0 bridgehead atoms. The van der Waals surface area contributed by atoms with Crippen LogP contribution in [0.15, 0.2) is 33.0 Å². The number of carbonyl (C=O) groups is 1. The number of hydrogen-bond donors (Lipinski definition) is 1. The fraction of sp³-hybridized carbons (Fsp3) is 0.476. The average molecular weight is 493 g/mol. The van der Waals surface area contributed by atoms with Gasteiger partial charge in [-0.1, -0.05) is 25.1 Å². The predicted octanol–water partition coefficient (Wildman–Crippen LogP) is 4.97. The van der Waals surface area contributed by atoms with Crippen LogP contribution >= 0.6 is 27.7 Å². The highest BCUT2D eigenvalue weighted by Gasteiger charge is 2.37. The smallest absolute Gasteiger partial charge is 0.227 e. The fourth-order valence-electron chi connectivity index (χ4n) is 3.91. The minimum atomic E-state index is -0.354. The van der Waals surface area contributed by atoms with E-state index in [0.29, 0.717) is 23.9 Å². The number of anilines is 1. The molecule has 160 valence electrons. The van der Waals surface area contributed by atoms with Crippen LogP contribution in [0.1, 0.15) is 50.6 Å². The van der Waals surface area contributed by atoms with Crippen LogP contribution in [0.2, 0.25) is 0 Å². The van der Waals surface area contributed by atoms with Crippen LogP contribution in [0, 0.1) is 0 Å². The molecule has 0 radical (unpaired) electrons.